The van der Waals surface area contributed by atoms with Crippen molar-refractivity contribution in [2.75, 3.05) is 0 Å². The van der Waals surface area contributed by atoms with Gasteiger partial charge in [-0.25, -0.2) is 4.98 Å². The molecule has 0 atom stereocenters. The van der Waals surface area contributed by atoms with Crippen LogP contribution in [0.15, 0.2) is 109 Å². The number of benzene rings is 3. The van der Waals surface area contributed by atoms with Gasteiger partial charge in [-0.2, -0.15) is 0 Å². The lowest BCUT2D eigenvalue weighted by molar-refractivity contribution is 1.01. The van der Waals surface area contributed by atoms with Gasteiger partial charge in [-0.1, -0.05) is 89.5 Å². The molecule has 0 amide bonds. The normalized spacial score (nSPS) is 11.9. The van der Waals surface area contributed by atoms with Crippen LogP contribution in [-0.2, 0) is 7.05 Å². The molecule has 8 bridgehead atoms. The fourth-order valence-corrected chi connectivity index (χ4v) is 6.54. The molecule has 1 aliphatic rings. The topological polar surface area (TPSA) is 49.4 Å². The molecule has 218 valence electrons. The number of aryl methyl sites for hydroxylation is 4. The fraction of sp³-hybridized carbons (Fsp3) is 0.0976. The summed E-state index contributed by atoms with van der Waals surface area (Å²) < 4.78 is 2.27. The van der Waals surface area contributed by atoms with E-state index < -0.39 is 0 Å². The third-order valence-electron chi connectivity index (χ3n) is 9.01. The van der Waals surface area contributed by atoms with Crippen LogP contribution in [0, 0.1) is 20.8 Å². The summed E-state index contributed by atoms with van der Waals surface area (Å²) in [7, 11) is 2.14. The maximum absolute atomic E-state index is 5.25. The van der Waals surface area contributed by atoms with Crippen molar-refractivity contribution in [2.45, 2.75) is 20.8 Å². The minimum Gasteiger partial charge on any atom is -0.354 e. The number of hydrogen-bond donors (Lipinski definition) is 2. The molecule has 4 heteroatoms. The SMILES string of the molecule is Cc1ccc(-c2c3nc(c4ccc(c(-c5ccc(C)cc5)c5ccc([nH]5)c(-c5ccc(C)cc5)c5ccc2[nH]5)n4C)C=C3)cc1. The summed E-state index contributed by atoms with van der Waals surface area (Å²) in [5, 5.41) is 0. The van der Waals surface area contributed by atoms with E-state index in [0.29, 0.717) is 0 Å². The van der Waals surface area contributed by atoms with Gasteiger partial charge in [-0.15, -0.1) is 0 Å². The molecule has 5 heterocycles. The van der Waals surface area contributed by atoms with Crippen LogP contribution >= 0.6 is 0 Å². The number of hydrogen-bond acceptors (Lipinski definition) is 1. The van der Waals surface area contributed by atoms with Crippen molar-refractivity contribution >= 4 is 45.3 Å². The first-order valence-electron chi connectivity index (χ1n) is 15.4. The maximum Gasteiger partial charge on any atom is 0.0874 e. The molecule has 0 unspecified atom stereocenters. The summed E-state index contributed by atoms with van der Waals surface area (Å²) in [4.78, 5) is 12.9. The zero-order valence-electron chi connectivity index (χ0n) is 25.9. The van der Waals surface area contributed by atoms with E-state index in [4.69, 9.17) is 4.98 Å². The summed E-state index contributed by atoms with van der Waals surface area (Å²) >= 11 is 0. The first-order chi connectivity index (χ1) is 21.9. The zero-order chi connectivity index (χ0) is 30.7. The van der Waals surface area contributed by atoms with E-state index in [1.54, 1.807) is 0 Å². The third kappa shape index (κ3) is 4.67. The van der Waals surface area contributed by atoms with Gasteiger partial charge >= 0.3 is 0 Å². The summed E-state index contributed by atoms with van der Waals surface area (Å²) in [5.74, 6) is 0. The van der Waals surface area contributed by atoms with Crippen molar-refractivity contribution in [3.63, 3.8) is 0 Å². The van der Waals surface area contributed by atoms with Crippen LogP contribution < -0.4 is 0 Å². The highest BCUT2D eigenvalue weighted by molar-refractivity contribution is 6.00. The Labute approximate surface area is 262 Å². The average Bonchev–Trinajstić information content (AvgIpc) is 3.86. The van der Waals surface area contributed by atoms with Gasteiger partial charge < -0.3 is 14.5 Å². The van der Waals surface area contributed by atoms with Gasteiger partial charge in [-0.05, 0) is 86.0 Å². The maximum atomic E-state index is 5.25. The Kier molecular flexibility index (Phi) is 6.31. The van der Waals surface area contributed by atoms with Gasteiger partial charge in [0.1, 0.15) is 0 Å². The van der Waals surface area contributed by atoms with E-state index in [-0.39, 0.29) is 0 Å². The van der Waals surface area contributed by atoms with Crippen molar-refractivity contribution in [3.05, 3.63) is 137 Å². The van der Waals surface area contributed by atoms with E-state index in [1.165, 1.54) is 16.7 Å². The van der Waals surface area contributed by atoms with Crippen LogP contribution in [-0.4, -0.2) is 19.5 Å². The molecule has 45 heavy (non-hydrogen) atoms. The molecule has 4 aromatic heterocycles. The van der Waals surface area contributed by atoms with E-state index in [0.717, 1.165) is 77.9 Å². The fourth-order valence-electron chi connectivity index (χ4n) is 6.54. The van der Waals surface area contributed by atoms with Crippen molar-refractivity contribution in [2.24, 2.45) is 7.05 Å². The number of rotatable bonds is 3. The molecule has 0 fully saturated rings. The van der Waals surface area contributed by atoms with Gasteiger partial charge in [0.05, 0.1) is 22.4 Å². The lowest BCUT2D eigenvalue weighted by Gasteiger charge is -2.07. The van der Waals surface area contributed by atoms with E-state index in [1.807, 2.05) is 0 Å². The Hall–Kier alpha value is -5.61. The second kappa shape index (κ2) is 10.5. The minimum atomic E-state index is 0.945. The van der Waals surface area contributed by atoms with Crippen LogP contribution in [0.2, 0.25) is 0 Å². The summed E-state index contributed by atoms with van der Waals surface area (Å²) in [6, 6.07) is 39.5. The summed E-state index contributed by atoms with van der Waals surface area (Å²) in [5.41, 5.74) is 18.8. The molecule has 7 aromatic rings. The van der Waals surface area contributed by atoms with Gasteiger partial charge in [0.25, 0.3) is 0 Å². The molecule has 0 saturated heterocycles. The highest BCUT2D eigenvalue weighted by Crippen LogP contribution is 2.36. The second-order valence-electron chi connectivity index (χ2n) is 12.2. The molecular formula is C41H34N4. The quantitative estimate of drug-likeness (QED) is 0.214. The Morgan fingerprint density at radius 3 is 1.36 bits per heavy atom. The zero-order valence-corrected chi connectivity index (χ0v) is 25.9. The molecular weight excluding hydrogens is 548 g/mol. The lowest BCUT2D eigenvalue weighted by atomic mass is 10.0. The predicted octanol–water partition coefficient (Wildman–Crippen LogP) is 10.6. The highest BCUT2D eigenvalue weighted by atomic mass is 15.0. The lowest BCUT2D eigenvalue weighted by Crippen LogP contribution is -1.92. The Balaban J connectivity index is 1.57. The van der Waals surface area contributed by atoms with Crippen molar-refractivity contribution in [1.82, 2.24) is 19.5 Å². The van der Waals surface area contributed by atoms with E-state index in [2.05, 4.69) is 164 Å². The number of aromatic amines is 2. The van der Waals surface area contributed by atoms with E-state index >= 15 is 0 Å². The van der Waals surface area contributed by atoms with Crippen LogP contribution in [0.3, 0.4) is 0 Å². The molecule has 0 spiro atoms. The third-order valence-corrected chi connectivity index (χ3v) is 9.01. The molecule has 1 aliphatic heterocycles. The number of fused-ring (bicyclic) bond motifs is 9. The number of H-pyrrole nitrogens is 2. The van der Waals surface area contributed by atoms with Gasteiger partial charge in [0.15, 0.2) is 0 Å². The Morgan fingerprint density at radius 2 is 0.822 bits per heavy atom. The first-order valence-corrected chi connectivity index (χ1v) is 15.4. The van der Waals surface area contributed by atoms with E-state index in [9.17, 15) is 0 Å². The second-order valence-corrected chi connectivity index (χ2v) is 12.2. The smallest absolute Gasteiger partial charge is 0.0874 e. The summed E-state index contributed by atoms with van der Waals surface area (Å²) in [6.07, 6.45) is 4.29. The average molecular weight is 583 g/mol. The van der Waals surface area contributed by atoms with Gasteiger partial charge in [0, 0.05) is 45.8 Å². The molecule has 2 N–H and O–H groups in total. The molecule has 4 nitrogen and oxygen atoms in total. The van der Waals surface area contributed by atoms with Gasteiger partial charge in [0.2, 0.25) is 0 Å². The van der Waals surface area contributed by atoms with Crippen molar-refractivity contribution in [3.8, 4) is 33.4 Å². The largest absolute Gasteiger partial charge is 0.354 e. The first kappa shape index (κ1) is 27.0. The molecule has 8 rings (SSSR count). The van der Waals surface area contributed by atoms with Crippen LogP contribution in [0.5, 0.6) is 0 Å². The molecule has 0 radical (unpaired) electrons. The number of aromatic nitrogens is 4. The number of nitrogens with zero attached hydrogens (tertiary/aromatic N) is 2. The van der Waals surface area contributed by atoms with Crippen LogP contribution in [0.25, 0.3) is 78.6 Å². The number of nitrogens with one attached hydrogen (secondary N) is 2. The molecule has 0 aliphatic carbocycles. The highest BCUT2D eigenvalue weighted by Gasteiger charge is 2.16. The molecule has 3 aromatic carbocycles. The predicted molar refractivity (Wildman–Crippen MR) is 190 cm³/mol. The van der Waals surface area contributed by atoms with Crippen molar-refractivity contribution in [1.29, 1.82) is 0 Å². The molecule has 0 saturated carbocycles. The van der Waals surface area contributed by atoms with Crippen molar-refractivity contribution < 1.29 is 0 Å². The Morgan fingerprint density at radius 1 is 0.422 bits per heavy atom. The van der Waals surface area contributed by atoms with Gasteiger partial charge in [-0.3, -0.25) is 0 Å². The van der Waals surface area contributed by atoms with Crippen LogP contribution in [0.1, 0.15) is 28.1 Å². The Bertz CT molecular complexity index is 2380. The standard InChI is InChI=1S/C41H34N4/c1-25-5-11-28(12-6-25)39-32-18-17-31(42-32)37-23-24-38(45(37)4)41(30-15-9-27(3)10-16-30)36-22-21-35(44-36)40(34-20-19-33(39)43-34)29-13-7-26(2)8-14-29/h5-24,43-44H,1-4H3. The van der Waals surface area contributed by atoms with Crippen LogP contribution in [0.4, 0.5) is 0 Å². The summed E-state index contributed by atoms with van der Waals surface area (Å²) in [6.45, 7) is 6.39. The minimum absolute atomic E-state index is 0.945. The monoisotopic (exact) mass is 582 g/mol.